The lowest BCUT2D eigenvalue weighted by Gasteiger charge is -2.35. The van der Waals surface area contributed by atoms with Gasteiger partial charge in [-0.05, 0) is 42.2 Å². The van der Waals surface area contributed by atoms with E-state index in [1.165, 1.54) is 23.5 Å². The number of para-hydroxylation sites is 1. The monoisotopic (exact) mass is 279 g/mol. The van der Waals surface area contributed by atoms with Crippen molar-refractivity contribution in [3.8, 4) is 5.75 Å². The van der Waals surface area contributed by atoms with Crippen LogP contribution in [0.4, 0.5) is 0 Å². The molecular formula is C16H25NOS. The molecule has 3 heteroatoms. The average molecular weight is 279 g/mol. The zero-order chi connectivity index (χ0) is 13.7. The molecular weight excluding hydrogens is 254 g/mol. The third-order valence-electron chi connectivity index (χ3n) is 3.63. The van der Waals surface area contributed by atoms with Gasteiger partial charge in [0.1, 0.15) is 5.75 Å². The molecule has 0 saturated carbocycles. The zero-order valence-corrected chi connectivity index (χ0v) is 13.1. The van der Waals surface area contributed by atoms with Gasteiger partial charge in [-0.3, -0.25) is 0 Å². The lowest BCUT2D eigenvalue weighted by Crippen LogP contribution is -2.41. The van der Waals surface area contributed by atoms with Crippen LogP contribution >= 0.6 is 11.8 Å². The maximum Gasteiger partial charge on any atom is 0.122 e. The molecule has 0 radical (unpaired) electrons. The second-order valence-electron chi connectivity index (χ2n) is 6.10. The number of ether oxygens (including phenoxy) is 1. The molecule has 1 aliphatic heterocycles. The van der Waals surface area contributed by atoms with E-state index in [1.54, 1.807) is 7.11 Å². The Balaban J connectivity index is 1.80. The standard InChI is InChI=1S/C16H25NOS/c1-16(2)10-14(11-19-12-16)17-9-8-13-6-4-5-7-15(13)18-3/h4-7,14,17H,8-12H2,1-3H3. The molecule has 1 atom stereocenters. The van der Waals surface area contributed by atoms with E-state index in [0.717, 1.165) is 18.7 Å². The molecule has 0 aromatic heterocycles. The summed E-state index contributed by atoms with van der Waals surface area (Å²) in [7, 11) is 1.74. The van der Waals surface area contributed by atoms with Crippen LogP contribution in [0.2, 0.25) is 0 Å². The van der Waals surface area contributed by atoms with Gasteiger partial charge in [0.2, 0.25) is 0 Å². The molecule has 1 aromatic carbocycles. The van der Waals surface area contributed by atoms with Crippen LogP contribution in [-0.4, -0.2) is 31.2 Å². The number of thioether (sulfide) groups is 1. The Labute approximate surface area is 121 Å². The Morgan fingerprint density at radius 2 is 2.16 bits per heavy atom. The molecule has 1 N–H and O–H groups in total. The van der Waals surface area contributed by atoms with Crippen molar-refractivity contribution in [2.24, 2.45) is 5.41 Å². The van der Waals surface area contributed by atoms with Crippen LogP contribution in [0.25, 0.3) is 0 Å². The Morgan fingerprint density at radius 3 is 2.89 bits per heavy atom. The Morgan fingerprint density at radius 1 is 1.37 bits per heavy atom. The van der Waals surface area contributed by atoms with Crippen molar-refractivity contribution in [3.63, 3.8) is 0 Å². The number of hydrogen-bond acceptors (Lipinski definition) is 3. The van der Waals surface area contributed by atoms with Crippen LogP contribution in [-0.2, 0) is 6.42 Å². The molecule has 19 heavy (non-hydrogen) atoms. The van der Waals surface area contributed by atoms with E-state index in [2.05, 4.69) is 43.1 Å². The second-order valence-corrected chi connectivity index (χ2v) is 7.13. The fraction of sp³-hybridized carbons (Fsp3) is 0.625. The molecule has 1 aromatic rings. The maximum absolute atomic E-state index is 5.39. The van der Waals surface area contributed by atoms with Gasteiger partial charge in [0.15, 0.2) is 0 Å². The summed E-state index contributed by atoms with van der Waals surface area (Å²) in [5.74, 6) is 3.54. The van der Waals surface area contributed by atoms with Crippen molar-refractivity contribution < 1.29 is 4.74 Å². The van der Waals surface area contributed by atoms with E-state index >= 15 is 0 Å². The number of rotatable bonds is 5. The topological polar surface area (TPSA) is 21.3 Å². The normalized spacial score (nSPS) is 22.2. The first-order valence-electron chi connectivity index (χ1n) is 7.04. The van der Waals surface area contributed by atoms with Crippen molar-refractivity contribution >= 4 is 11.8 Å². The second kappa shape index (κ2) is 6.67. The zero-order valence-electron chi connectivity index (χ0n) is 12.2. The van der Waals surface area contributed by atoms with Crippen LogP contribution in [0, 0.1) is 5.41 Å². The van der Waals surface area contributed by atoms with Crippen molar-refractivity contribution in [1.82, 2.24) is 5.32 Å². The number of benzene rings is 1. The summed E-state index contributed by atoms with van der Waals surface area (Å²) in [6, 6.07) is 8.95. The first-order valence-corrected chi connectivity index (χ1v) is 8.19. The fourth-order valence-corrected chi connectivity index (χ4v) is 4.02. The van der Waals surface area contributed by atoms with Gasteiger partial charge in [-0.1, -0.05) is 32.0 Å². The summed E-state index contributed by atoms with van der Waals surface area (Å²) in [6.45, 7) is 5.77. The predicted molar refractivity (Wildman–Crippen MR) is 84.2 cm³/mol. The highest BCUT2D eigenvalue weighted by molar-refractivity contribution is 7.99. The van der Waals surface area contributed by atoms with E-state index < -0.39 is 0 Å². The summed E-state index contributed by atoms with van der Waals surface area (Å²) in [4.78, 5) is 0. The predicted octanol–water partition coefficient (Wildman–Crippen LogP) is 3.36. The minimum atomic E-state index is 0.477. The Bertz CT molecular complexity index is 405. The molecule has 1 fully saturated rings. The van der Waals surface area contributed by atoms with Gasteiger partial charge in [-0.2, -0.15) is 11.8 Å². The summed E-state index contributed by atoms with van der Waals surface area (Å²) in [5.41, 5.74) is 1.77. The van der Waals surface area contributed by atoms with Gasteiger partial charge in [0.25, 0.3) is 0 Å². The van der Waals surface area contributed by atoms with Gasteiger partial charge in [-0.25, -0.2) is 0 Å². The minimum absolute atomic E-state index is 0.477. The first kappa shape index (κ1) is 14.7. The highest BCUT2D eigenvalue weighted by Gasteiger charge is 2.27. The van der Waals surface area contributed by atoms with Crippen LogP contribution in [0.3, 0.4) is 0 Å². The molecule has 1 aliphatic rings. The Kier molecular flexibility index (Phi) is 5.17. The van der Waals surface area contributed by atoms with E-state index in [4.69, 9.17) is 4.74 Å². The molecule has 106 valence electrons. The Hall–Kier alpha value is -0.670. The van der Waals surface area contributed by atoms with Gasteiger partial charge < -0.3 is 10.1 Å². The fourth-order valence-electron chi connectivity index (χ4n) is 2.71. The van der Waals surface area contributed by atoms with Crippen molar-refractivity contribution in [1.29, 1.82) is 0 Å². The quantitative estimate of drug-likeness (QED) is 0.893. The number of methoxy groups -OCH3 is 1. The van der Waals surface area contributed by atoms with Crippen LogP contribution in [0.15, 0.2) is 24.3 Å². The van der Waals surface area contributed by atoms with Gasteiger partial charge in [-0.15, -0.1) is 0 Å². The molecule has 0 bridgehead atoms. The molecule has 0 spiro atoms. The minimum Gasteiger partial charge on any atom is -0.496 e. The van der Waals surface area contributed by atoms with Gasteiger partial charge >= 0.3 is 0 Å². The first-order chi connectivity index (χ1) is 9.11. The molecule has 1 saturated heterocycles. The number of hydrogen-bond donors (Lipinski definition) is 1. The molecule has 2 nitrogen and oxygen atoms in total. The third-order valence-corrected chi connectivity index (χ3v) is 5.25. The molecule has 1 unspecified atom stereocenters. The van der Waals surface area contributed by atoms with Crippen LogP contribution < -0.4 is 10.1 Å². The average Bonchev–Trinajstić information content (AvgIpc) is 2.38. The lowest BCUT2D eigenvalue weighted by molar-refractivity contribution is 0.319. The SMILES string of the molecule is COc1ccccc1CCNC1CSCC(C)(C)C1. The van der Waals surface area contributed by atoms with Gasteiger partial charge in [0, 0.05) is 11.8 Å². The van der Waals surface area contributed by atoms with Crippen LogP contribution in [0.5, 0.6) is 5.75 Å². The van der Waals surface area contributed by atoms with Crippen molar-refractivity contribution in [3.05, 3.63) is 29.8 Å². The van der Waals surface area contributed by atoms with E-state index in [0.29, 0.717) is 11.5 Å². The summed E-state index contributed by atoms with van der Waals surface area (Å²) in [5, 5.41) is 3.70. The maximum atomic E-state index is 5.39. The smallest absolute Gasteiger partial charge is 0.122 e. The highest BCUT2D eigenvalue weighted by Crippen LogP contribution is 2.33. The summed E-state index contributed by atoms with van der Waals surface area (Å²) < 4.78 is 5.39. The lowest BCUT2D eigenvalue weighted by atomic mass is 9.88. The number of nitrogens with one attached hydrogen (secondary N) is 1. The molecule has 0 aliphatic carbocycles. The molecule has 1 heterocycles. The van der Waals surface area contributed by atoms with E-state index in [9.17, 15) is 0 Å². The van der Waals surface area contributed by atoms with E-state index in [-0.39, 0.29) is 0 Å². The van der Waals surface area contributed by atoms with Crippen molar-refractivity contribution in [2.75, 3.05) is 25.2 Å². The van der Waals surface area contributed by atoms with Gasteiger partial charge in [0.05, 0.1) is 7.11 Å². The largest absolute Gasteiger partial charge is 0.496 e. The van der Waals surface area contributed by atoms with Crippen molar-refractivity contribution in [2.45, 2.75) is 32.7 Å². The highest BCUT2D eigenvalue weighted by atomic mass is 32.2. The third kappa shape index (κ3) is 4.43. The molecule has 0 amide bonds. The van der Waals surface area contributed by atoms with E-state index in [1.807, 2.05) is 12.1 Å². The summed E-state index contributed by atoms with van der Waals surface area (Å²) in [6.07, 6.45) is 2.32. The van der Waals surface area contributed by atoms with Crippen LogP contribution in [0.1, 0.15) is 25.8 Å². The molecule has 2 rings (SSSR count). The summed E-state index contributed by atoms with van der Waals surface area (Å²) >= 11 is 2.08.